The van der Waals surface area contributed by atoms with Crippen LogP contribution in [-0.2, 0) is 14.3 Å². The van der Waals surface area contributed by atoms with E-state index in [9.17, 15) is 4.79 Å². The number of carbonyl (C=O) groups excluding carboxylic acids is 1. The van der Waals surface area contributed by atoms with Crippen LogP contribution in [0.15, 0.2) is 68.9 Å². The Hall–Kier alpha value is -2.84. The largest absolute Gasteiger partial charge is 0.469 e. The normalized spacial score (nSPS) is 16.2. The van der Waals surface area contributed by atoms with E-state index in [1.165, 1.54) is 7.11 Å². The van der Waals surface area contributed by atoms with Gasteiger partial charge in [-0.25, -0.2) is 0 Å². The molecule has 1 aromatic carbocycles. The highest BCUT2D eigenvalue weighted by molar-refractivity contribution is 9.10. The third kappa shape index (κ3) is 5.65. The van der Waals surface area contributed by atoms with Crippen LogP contribution in [-0.4, -0.2) is 56.8 Å². The maximum Gasteiger partial charge on any atom is 0.305 e. The lowest BCUT2D eigenvalue weighted by Crippen LogP contribution is -2.32. The Bertz CT molecular complexity index is 992. The number of ether oxygens (including phenoxy) is 2. The molecule has 0 spiro atoms. The van der Waals surface area contributed by atoms with Crippen LogP contribution in [0.3, 0.4) is 0 Å². The number of benzodiazepines with no additional fused rings is 1. The van der Waals surface area contributed by atoms with Crippen LogP contribution in [0.4, 0.5) is 5.69 Å². The van der Waals surface area contributed by atoms with Crippen LogP contribution >= 0.6 is 15.9 Å². The molecule has 0 unspecified atom stereocenters. The Kier molecular flexibility index (Phi) is 8.08. The van der Waals surface area contributed by atoms with Crippen LogP contribution in [0, 0.1) is 0 Å². The van der Waals surface area contributed by atoms with Crippen molar-refractivity contribution in [2.24, 2.45) is 9.98 Å². The van der Waals surface area contributed by atoms with Gasteiger partial charge in [0.1, 0.15) is 0 Å². The van der Waals surface area contributed by atoms with Gasteiger partial charge in [0.2, 0.25) is 0 Å². The van der Waals surface area contributed by atoms with E-state index < -0.39 is 0 Å². The first-order valence-electron chi connectivity index (χ1n) is 9.84. The molecule has 162 valence electrons. The summed E-state index contributed by atoms with van der Waals surface area (Å²) in [6.45, 7) is 4.51. The summed E-state index contributed by atoms with van der Waals surface area (Å²) in [5.41, 5.74) is 4.28. The molecule has 2 aromatic rings. The van der Waals surface area contributed by atoms with Crippen molar-refractivity contribution in [3.63, 3.8) is 0 Å². The van der Waals surface area contributed by atoms with Gasteiger partial charge in [0.25, 0.3) is 0 Å². The van der Waals surface area contributed by atoms with Crippen molar-refractivity contribution in [2.75, 3.05) is 32.3 Å². The number of rotatable bonds is 8. The summed E-state index contributed by atoms with van der Waals surface area (Å²) < 4.78 is 11.2. The minimum Gasteiger partial charge on any atom is -0.469 e. The number of hydrogen-bond acceptors (Lipinski definition) is 7. The number of methoxy groups -OCH3 is 2. The third-order valence-electron chi connectivity index (χ3n) is 4.91. The molecule has 1 aliphatic heterocycles. The lowest BCUT2D eigenvalue weighted by Gasteiger charge is -2.29. The van der Waals surface area contributed by atoms with E-state index in [0.717, 1.165) is 32.8 Å². The molecule has 0 saturated heterocycles. The number of esters is 1. The number of nitrogens with zero attached hydrogens (tertiary/aromatic N) is 4. The zero-order valence-corrected chi connectivity index (χ0v) is 19.2. The van der Waals surface area contributed by atoms with Gasteiger partial charge in [-0.05, 0) is 43.5 Å². The maximum atomic E-state index is 11.8. The number of anilines is 1. The van der Waals surface area contributed by atoms with E-state index in [2.05, 4.69) is 37.5 Å². The lowest BCUT2D eigenvalue weighted by atomic mass is 10.0. The highest BCUT2D eigenvalue weighted by atomic mass is 79.9. The van der Waals surface area contributed by atoms with Crippen molar-refractivity contribution in [2.45, 2.75) is 18.9 Å². The molecule has 0 amide bonds. The topological polar surface area (TPSA) is 76.4 Å². The maximum absolute atomic E-state index is 11.8. The summed E-state index contributed by atoms with van der Waals surface area (Å²) in [4.78, 5) is 27.5. The highest BCUT2D eigenvalue weighted by Crippen LogP contribution is 2.33. The molecule has 1 aliphatic rings. The molecular formula is C23H25BrN4O3. The lowest BCUT2D eigenvalue weighted by molar-refractivity contribution is -0.140. The van der Waals surface area contributed by atoms with Gasteiger partial charge < -0.3 is 14.4 Å². The fourth-order valence-corrected chi connectivity index (χ4v) is 3.86. The number of halogens is 1. The van der Waals surface area contributed by atoms with Crippen LogP contribution in [0.25, 0.3) is 0 Å². The summed E-state index contributed by atoms with van der Waals surface area (Å²) in [5, 5.41) is 0. The molecule has 31 heavy (non-hydrogen) atoms. The summed E-state index contributed by atoms with van der Waals surface area (Å²) in [7, 11) is 3.04. The molecule has 0 bridgehead atoms. The van der Waals surface area contributed by atoms with Gasteiger partial charge in [0, 0.05) is 42.5 Å². The monoisotopic (exact) mass is 484 g/mol. The summed E-state index contributed by atoms with van der Waals surface area (Å²) >= 11 is 3.59. The first-order valence-corrected chi connectivity index (χ1v) is 10.6. The van der Waals surface area contributed by atoms with Gasteiger partial charge in [0.15, 0.2) is 0 Å². The predicted octanol–water partition coefficient (Wildman–Crippen LogP) is 4.01. The first-order chi connectivity index (χ1) is 15.1. The van der Waals surface area contributed by atoms with Gasteiger partial charge in [-0.2, -0.15) is 0 Å². The Morgan fingerprint density at radius 1 is 1.35 bits per heavy atom. The Balaban J connectivity index is 2.15. The first kappa shape index (κ1) is 22.8. The van der Waals surface area contributed by atoms with Crippen LogP contribution < -0.4 is 4.90 Å². The number of fused-ring (bicyclic) bond motifs is 1. The SMILES string of the molecule is C=N/C=C(/COC)N1C[C@H](CCC(=O)OC)N=C(c2ccccn2)c2cc(Br)ccc21. The molecule has 0 N–H and O–H groups in total. The second-order valence-corrected chi connectivity index (χ2v) is 7.89. The zero-order valence-electron chi connectivity index (χ0n) is 17.6. The molecule has 3 rings (SSSR count). The number of benzene rings is 1. The number of aromatic nitrogens is 1. The quantitative estimate of drug-likeness (QED) is 0.417. The third-order valence-corrected chi connectivity index (χ3v) is 5.40. The molecule has 1 aromatic heterocycles. The minimum absolute atomic E-state index is 0.174. The molecule has 1 atom stereocenters. The molecule has 8 heteroatoms. The van der Waals surface area contributed by atoms with Gasteiger partial charge in [-0.3, -0.25) is 19.8 Å². The van der Waals surface area contributed by atoms with Crippen molar-refractivity contribution in [3.05, 3.63) is 70.2 Å². The fourth-order valence-electron chi connectivity index (χ4n) is 3.49. The second kappa shape index (κ2) is 11.0. The van der Waals surface area contributed by atoms with Gasteiger partial charge >= 0.3 is 5.97 Å². The number of carbonyl (C=O) groups is 1. The van der Waals surface area contributed by atoms with Crippen molar-refractivity contribution in [1.29, 1.82) is 0 Å². The van der Waals surface area contributed by atoms with Gasteiger partial charge in [0.05, 0.1) is 42.5 Å². The van der Waals surface area contributed by atoms with E-state index in [1.54, 1.807) is 19.5 Å². The molecule has 7 nitrogen and oxygen atoms in total. The minimum atomic E-state index is -0.258. The van der Waals surface area contributed by atoms with E-state index in [1.807, 2.05) is 36.4 Å². The van der Waals surface area contributed by atoms with Gasteiger partial charge in [-0.1, -0.05) is 22.0 Å². The number of hydrogen-bond donors (Lipinski definition) is 0. The second-order valence-electron chi connectivity index (χ2n) is 6.97. The molecule has 0 aliphatic carbocycles. The molecule has 0 fully saturated rings. The van der Waals surface area contributed by atoms with Crippen LogP contribution in [0.5, 0.6) is 0 Å². The number of aliphatic imine (C=N–C) groups is 2. The van der Waals surface area contributed by atoms with Crippen LogP contribution in [0.1, 0.15) is 24.1 Å². The van der Waals surface area contributed by atoms with Crippen molar-refractivity contribution in [3.8, 4) is 0 Å². The summed E-state index contributed by atoms with van der Waals surface area (Å²) in [6.07, 6.45) is 4.26. The summed E-state index contributed by atoms with van der Waals surface area (Å²) in [6, 6.07) is 11.6. The standard InChI is InChI=1S/C23H25BrN4O3/c1-25-13-18(15-30-2)28-14-17(8-10-22(29)31-3)27-23(20-6-4-5-11-26-20)19-12-16(24)7-9-21(19)28/h4-7,9,11-13,17H,1,8,10,14-15H2,2-3H3/b18-13-/t17-/m0/s1. The fraction of sp³-hybridized carbons (Fsp3) is 0.304. The Morgan fingerprint density at radius 3 is 2.87 bits per heavy atom. The van der Waals surface area contributed by atoms with Crippen LogP contribution in [0.2, 0.25) is 0 Å². The molecular weight excluding hydrogens is 460 g/mol. The predicted molar refractivity (Wildman–Crippen MR) is 126 cm³/mol. The Labute approximate surface area is 190 Å². The molecule has 2 heterocycles. The zero-order chi connectivity index (χ0) is 22.2. The van der Waals surface area contributed by atoms with Crippen molar-refractivity contribution < 1.29 is 14.3 Å². The van der Waals surface area contributed by atoms with E-state index >= 15 is 0 Å². The molecule has 0 saturated carbocycles. The summed E-state index contributed by atoms with van der Waals surface area (Å²) in [5.74, 6) is -0.258. The Morgan fingerprint density at radius 2 is 2.19 bits per heavy atom. The van der Waals surface area contributed by atoms with Gasteiger partial charge in [-0.15, -0.1) is 0 Å². The van der Waals surface area contributed by atoms with Crippen molar-refractivity contribution in [1.82, 2.24) is 4.98 Å². The highest BCUT2D eigenvalue weighted by Gasteiger charge is 2.28. The average molecular weight is 485 g/mol. The van der Waals surface area contributed by atoms with E-state index in [4.69, 9.17) is 14.5 Å². The average Bonchev–Trinajstić information content (AvgIpc) is 2.94. The van der Waals surface area contributed by atoms with Crippen molar-refractivity contribution >= 4 is 40.0 Å². The smallest absolute Gasteiger partial charge is 0.305 e. The molecule has 0 radical (unpaired) electrons. The van der Waals surface area contributed by atoms with E-state index in [0.29, 0.717) is 19.6 Å². The van der Waals surface area contributed by atoms with E-state index in [-0.39, 0.29) is 18.4 Å². The number of pyridine rings is 1.